The molecule has 2 aromatic carbocycles. The first-order valence-corrected chi connectivity index (χ1v) is 12.2. The highest BCUT2D eigenvalue weighted by atomic mass is 79.9. The predicted octanol–water partition coefficient (Wildman–Crippen LogP) is 5.96. The average Bonchev–Trinajstić information content (AvgIpc) is 3.10. The van der Waals surface area contributed by atoms with Crippen LogP contribution in [0.5, 0.6) is 0 Å². The third-order valence-electron chi connectivity index (χ3n) is 7.48. The van der Waals surface area contributed by atoms with Crippen molar-refractivity contribution in [1.29, 1.82) is 0 Å². The molecule has 2 unspecified atom stereocenters. The van der Waals surface area contributed by atoms with Crippen molar-refractivity contribution in [3.63, 3.8) is 0 Å². The Morgan fingerprint density at radius 2 is 1.61 bits per heavy atom. The molecule has 4 nitrogen and oxygen atoms in total. The molecule has 158 valence electrons. The Hall–Kier alpha value is -2.40. The van der Waals surface area contributed by atoms with Crippen LogP contribution >= 0.6 is 15.9 Å². The van der Waals surface area contributed by atoms with Crippen LogP contribution in [0, 0.1) is 11.8 Å². The molecule has 1 N–H and O–H groups in total. The summed E-state index contributed by atoms with van der Waals surface area (Å²) >= 11 is 3.72. The van der Waals surface area contributed by atoms with E-state index in [-0.39, 0.29) is 5.91 Å². The maximum Gasteiger partial charge on any atom is 0.272 e. The van der Waals surface area contributed by atoms with E-state index in [1.807, 2.05) is 42.5 Å². The van der Waals surface area contributed by atoms with E-state index in [0.717, 1.165) is 27.6 Å². The summed E-state index contributed by atoms with van der Waals surface area (Å²) in [7, 11) is 0. The first kappa shape index (κ1) is 19.3. The number of carbonyl (C=O) groups is 1. The van der Waals surface area contributed by atoms with Crippen LogP contribution in [0.15, 0.2) is 59.1 Å². The van der Waals surface area contributed by atoms with E-state index >= 15 is 0 Å². The smallest absolute Gasteiger partial charge is 0.272 e. The number of carbonyl (C=O) groups excluding carboxylic acids is 1. The molecule has 7 rings (SSSR count). The van der Waals surface area contributed by atoms with E-state index in [2.05, 4.69) is 38.1 Å². The SMILES string of the molecule is O=C(NCc1ccccc1)c1nn(-c2ccccc2Br)c2c1C1CC3CC(C1)CC2C3. The van der Waals surface area contributed by atoms with Crippen molar-refractivity contribution in [2.24, 2.45) is 11.8 Å². The van der Waals surface area contributed by atoms with Crippen molar-refractivity contribution in [1.82, 2.24) is 15.1 Å². The molecule has 3 aromatic rings. The minimum Gasteiger partial charge on any atom is -0.347 e. The Morgan fingerprint density at radius 3 is 2.35 bits per heavy atom. The molecule has 0 radical (unpaired) electrons. The first-order valence-electron chi connectivity index (χ1n) is 11.4. The number of hydrogen-bond donors (Lipinski definition) is 1. The van der Waals surface area contributed by atoms with Gasteiger partial charge in [0.25, 0.3) is 5.91 Å². The van der Waals surface area contributed by atoms with E-state index in [4.69, 9.17) is 5.10 Å². The van der Waals surface area contributed by atoms with Gasteiger partial charge >= 0.3 is 0 Å². The molecule has 31 heavy (non-hydrogen) atoms. The fraction of sp³-hybridized carbons (Fsp3) is 0.385. The van der Waals surface area contributed by atoms with E-state index < -0.39 is 0 Å². The van der Waals surface area contributed by atoms with E-state index in [1.54, 1.807) is 0 Å². The van der Waals surface area contributed by atoms with Gasteiger partial charge in [-0.3, -0.25) is 4.79 Å². The molecule has 5 heteroatoms. The number of rotatable bonds is 4. The molecule has 1 heterocycles. The molecule has 2 atom stereocenters. The Kier molecular flexibility index (Phi) is 4.75. The molecular formula is C26H26BrN3O. The lowest BCUT2D eigenvalue weighted by molar-refractivity contribution is 0.0942. The lowest BCUT2D eigenvalue weighted by Gasteiger charge is -2.38. The zero-order valence-electron chi connectivity index (χ0n) is 17.4. The standard InChI is InChI=1S/C26H26BrN3O/c27-21-8-4-5-9-22(21)30-25-20-13-17-10-18(14-20)12-19(11-17)23(25)24(29-30)26(31)28-15-16-6-2-1-3-7-16/h1-9,17-20H,10-15H2,(H,28,31). The Bertz CT molecular complexity index is 1120. The van der Waals surface area contributed by atoms with Crippen LogP contribution in [0.3, 0.4) is 0 Å². The van der Waals surface area contributed by atoms with Crippen LogP contribution in [0.2, 0.25) is 0 Å². The number of amides is 1. The number of aromatic nitrogens is 2. The van der Waals surface area contributed by atoms with E-state index in [0.29, 0.717) is 24.1 Å². The van der Waals surface area contributed by atoms with Crippen LogP contribution in [-0.2, 0) is 6.54 Å². The predicted molar refractivity (Wildman–Crippen MR) is 124 cm³/mol. The lowest BCUT2D eigenvalue weighted by Crippen LogP contribution is -2.28. The third-order valence-corrected chi connectivity index (χ3v) is 8.15. The topological polar surface area (TPSA) is 46.9 Å². The molecule has 4 aliphatic carbocycles. The van der Waals surface area contributed by atoms with Crippen LogP contribution in [-0.4, -0.2) is 15.7 Å². The Balaban J connectivity index is 1.45. The summed E-state index contributed by atoms with van der Waals surface area (Å²) in [5, 5.41) is 8.11. The number of hydrogen-bond acceptors (Lipinski definition) is 2. The van der Waals surface area contributed by atoms with Gasteiger partial charge in [-0.2, -0.15) is 5.10 Å². The largest absolute Gasteiger partial charge is 0.347 e. The van der Waals surface area contributed by atoms with Gasteiger partial charge in [-0.15, -0.1) is 0 Å². The van der Waals surface area contributed by atoms with Gasteiger partial charge in [0, 0.05) is 22.5 Å². The second kappa shape index (κ2) is 7.63. The third kappa shape index (κ3) is 3.34. The van der Waals surface area contributed by atoms with Gasteiger partial charge in [-0.05, 0) is 83.5 Å². The zero-order valence-corrected chi connectivity index (χ0v) is 19.0. The minimum absolute atomic E-state index is 0.0490. The molecule has 0 saturated heterocycles. The van der Waals surface area contributed by atoms with Gasteiger partial charge in [-0.1, -0.05) is 42.5 Å². The maximum absolute atomic E-state index is 13.4. The summed E-state index contributed by atoms with van der Waals surface area (Å²) < 4.78 is 3.10. The Labute approximate surface area is 191 Å². The Morgan fingerprint density at radius 1 is 0.935 bits per heavy atom. The van der Waals surface area contributed by atoms with Crippen molar-refractivity contribution in [2.75, 3.05) is 0 Å². The second-order valence-corrected chi connectivity index (χ2v) is 10.3. The molecule has 2 saturated carbocycles. The molecule has 0 spiro atoms. The van der Waals surface area contributed by atoms with Gasteiger partial charge < -0.3 is 5.32 Å². The van der Waals surface area contributed by atoms with Gasteiger partial charge in [0.15, 0.2) is 5.69 Å². The number of halogens is 1. The quantitative estimate of drug-likeness (QED) is 0.506. The number of para-hydroxylation sites is 1. The summed E-state index contributed by atoms with van der Waals surface area (Å²) in [5.74, 6) is 2.50. The van der Waals surface area contributed by atoms with Crippen LogP contribution < -0.4 is 5.32 Å². The summed E-state index contributed by atoms with van der Waals surface area (Å²) in [4.78, 5) is 13.4. The number of benzene rings is 2. The highest BCUT2D eigenvalue weighted by Crippen LogP contribution is 2.57. The highest BCUT2D eigenvalue weighted by Gasteiger charge is 2.46. The summed E-state index contributed by atoms with van der Waals surface area (Å²) in [6, 6.07) is 18.3. The normalized spacial score (nSPS) is 25.8. The summed E-state index contributed by atoms with van der Waals surface area (Å²) in [5.41, 5.74) is 5.30. The molecule has 4 bridgehead atoms. The average molecular weight is 476 g/mol. The van der Waals surface area contributed by atoms with Crippen LogP contribution in [0.25, 0.3) is 5.69 Å². The second-order valence-electron chi connectivity index (χ2n) is 9.48. The zero-order chi connectivity index (χ0) is 20.9. The van der Waals surface area contributed by atoms with Crippen molar-refractivity contribution >= 4 is 21.8 Å². The molecule has 4 aliphatic rings. The van der Waals surface area contributed by atoms with Gasteiger partial charge in [-0.25, -0.2) is 4.68 Å². The van der Waals surface area contributed by atoms with E-state index in [1.165, 1.54) is 43.4 Å². The monoisotopic (exact) mass is 475 g/mol. The molecule has 1 amide bonds. The van der Waals surface area contributed by atoms with Crippen molar-refractivity contribution in [3.8, 4) is 5.69 Å². The first-order chi connectivity index (χ1) is 15.2. The van der Waals surface area contributed by atoms with Gasteiger partial charge in [0.05, 0.1) is 11.4 Å². The lowest BCUT2D eigenvalue weighted by atomic mass is 9.67. The van der Waals surface area contributed by atoms with E-state index in [9.17, 15) is 4.79 Å². The van der Waals surface area contributed by atoms with Crippen molar-refractivity contribution < 1.29 is 4.79 Å². The summed E-state index contributed by atoms with van der Waals surface area (Å²) in [6.07, 6.45) is 6.26. The van der Waals surface area contributed by atoms with Crippen LogP contribution in [0.4, 0.5) is 0 Å². The molecular weight excluding hydrogens is 450 g/mol. The minimum atomic E-state index is -0.0490. The fourth-order valence-corrected chi connectivity index (χ4v) is 6.84. The van der Waals surface area contributed by atoms with Gasteiger partial charge in [0.1, 0.15) is 0 Å². The maximum atomic E-state index is 13.4. The fourth-order valence-electron chi connectivity index (χ4n) is 6.38. The highest BCUT2D eigenvalue weighted by molar-refractivity contribution is 9.10. The summed E-state index contributed by atoms with van der Waals surface area (Å²) in [6.45, 7) is 0.523. The number of nitrogens with one attached hydrogen (secondary N) is 1. The van der Waals surface area contributed by atoms with Crippen molar-refractivity contribution in [2.45, 2.75) is 50.5 Å². The number of nitrogens with zero attached hydrogens (tertiary/aromatic N) is 2. The molecule has 2 fully saturated rings. The van der Waals surface area contributed by atoms with Crippen molar-refractivity contribution in [3.05, 3.63) is 81.6 Å². The van der Waals surface area contributed by atoms with Gasteiger partial charge in [0.2, 0.25) is 0 Å². The molecule has 1 aromatic heterocycles. The van der Waals surface area contributed by atoms with Crippen LogP contribution in [0.1, 0.15) is 71.2 Å². The molecule has 0 aliphatic heterocycles.